The molecule has 9 heteroatoms. The Morgan fingerprint density at radius 1 is 1.00 bits per heavy atom. The molecule has 0 unspecified atom stereocenters. The molecule has 2 amide bonds. The number of benzene rings is 3. The lowest BCUT2D eigenvalue weighted by Crippen LogP contribution is -2.51. The third kappa shape index (κ3) is 8.03. The molecule has 37 heavy (non-hydrogen) atoms. The molecule has 0 saturated carbocycles. The molecule has 0 aliphatic heterocycles. The number of carbonyl (C=O) groups excluding carboxylic acids is 2. The van der Waals surface area contributed by atoms with Crippen molar-refractivity contribution in [3.05, 3.63) is 110 Å². The molecule has 1 N–H and O–H groups in total. The average molecular weight is 542 g/mol. The van der Waals surface area contributed by atoms with Gasteiger partial charge in [0.05, 0.1) is 11.3 Å². The van der Waals surface area contributed by atoms with Crippen molar-refractivity contribution in [2.24, 2.45) is 0 Å². The summed E-state index contributed by atoms with van der Waals surface area (Å²) < 4.78 is 0. The van der Waals surface area contributed by atoms with Crippen LogP contribution in [0.2, 0.25) is 10.0 Å². The zero-order valence-corrected chi connectivity index (χ0v) is 22.0. The lowest BCUT2D eigenvalue weighted by molar-refractivity contribution is -0.385. The fourth-order valence-corrected chi connectivity index (χ4v) is 4.46. The number of nitro groups is 1. The van der Waals surface area contributed by atoms with Gasteiger partial charge in [0.1, 0.15) is 6.04 Å². The van der Waals surface area contributed by atoms with E-state index in [1.807, 2.05) is 37.3 Å². The van der Waals surface area contributed by atoms with Crippen LogP contribution < -0.4 is 5.32 Å². The van der Waals surface area contributed by atoms with Gasteiger partial charge in [-0.3, -0.25) is 19.7 Å². The van der Waals surface area contributed by atoms with Crippen molar-refractivity contribution < 1.29 is 14.5 Å². The van der Waals surface area contributed by atoms with Crippen LogP contribution in [0.5, 0.6) is 0 Å². The molecule has 0 saturated heterocycles. The Balaban J connectivity index is 2.01. The Morgan fingerprint density at radius 3 is 2.38 bits per heavy atom. The van der Waals surface area contributed by atoms with Gasteiger partial charge in [0, 0.05) is 41.2 Å². The summed E-state index contributed by atoms with van der Waals surface area (Å²) in [5.74, 6) is -0.717. The Kier molecular flexibility index (Phi) is 10.5. The summed E-state index contributed by atoms with van der Waals surface area (Å²) in [6.07, 6.45) is 1.74. The molecular weight excluding hydrogens is 513 g/mol. The third-order valence-electron chi connectivity index (χ3n) is 5.99. The molecule has 0 heterocycles. The molecule has 3 aromatic carbocycles. The fourth-order valence-electron chi connectivity index (χ4n) is 4.00. The number of nitrogens with zero attached hydrogens (tertiary/aromatic N) is 2. The second-order valence-corrected chi connectivity index (χ2v) is 9.51. The van der Waals surface area contributed by atoms with E-state index in [1.54, 1.807) is 36.4 Å². The number of carbonyl (C=O) groups is 2. The number of hydrogen-bond donors (Lipinski definition) is 1. The van der Waals surface area contributed by atoms with Crippen LogP contribution in [0.4, 0.5) is 5.69 Å². The van der Waals surface area contributed by atoms with Crippen molar-refractivity contribution in [1.82, 2.24) is 10.2 Å². The van der Waals surface area contributed by atoms with Gasteiger partial charge in [-0.15, -0.1) is 0 Å². The summed E-state index contributed by atoms with van der Waals surface area (Å²) in [4.78, 5) is 39.8. The first-order chi connectivity index (χ1) is 17.8. The lowest BCUT2D eigenvalue weighted by Gasteiger charge is -2.32. The molecule has 0 aliphatic carbocycles. The minimum atomic E-state index is -0.860. The molecule has 0 bridgehead atoms. The maximum Gasteiger partial charge on any atom is 0.273 e. The summed E-state index contributed by atoms with van der Waals surface area (Å²) in [6.45, 7) is 2.54. The second-order valence-electron chi connectivity index (χ2n) is 8.67. The van der Waals surface area contributed by atoms with Crippen molar-refractivity contribution in [3.63, 3.8) is 0 Å². The van der Waals surface area contributed by atoms with Gasteiger partial charge in [0.15, 0.2) is 0 Å². The molecule has 1 atom stereocenters. The third-order valence-corrected chi connectivity index (χ3v) is 6.57. The van der Waals surface area contributed by atoms with Crippen LogP contribution in [0.3, 0.4) is 0 Å². The molecule has 3 aromatic rings. The van der Waals surface area contributed by atoms with E-state index in [1.165, 1.54) is 11.0 Å². The molecule has 194 valence electrons. The molecule has 0 aliphatic rings. The first-order valence-electron chi connectivity index (χ1n) is 12.1. The summed E-state index contributed by atoms with van der Waals surface area (Å²) in [5, 5.41) is 15.3. The summed E-state index contributed by atoms with van der Waals surface area (Å²) in [6, 6.07) is 19.6. The van der Waals surface area contributed by atoms with Crippen LogP contribution in [0.1, 0.15) is 36.5 Å². The quantitative estimate of drug-likeness (QED) is 0.173. The lowest BCUT2D eigenvalue weighted by atomic mass is 10.0. The van der Waals surface area contributed by atoms with E-state index in [2.05, 4.69) is 5.32 Å². The van der Waals surface area contributed by atoms with Crippen molar-refractivity contribution in [3.8, 4) is 0 Å². The normalized spacial score (nSPS) is 11.5. The molecule has 7 nitrogen and oxygen atoms in total. The Morgan fingerprint density at radius 2 is 1.70 bits per heavy atom. The zero-order valence-electron chi connectivity index (χ0n) is 20.5. The Hall–Kier alpha value is -3.42. The maximum absolute atomic E-state index is 13.8. The first kappa shape index (κ1) is 28.2. The highest BCUT2D eigenvalue weighted by atomic mass is 35.5. The predicted octanol–water partition coefficient (Wildman–Crippen LogP) is 6.00. The van der Waals surface area contributed by atoms with Crippen LogP contribution in [-0.2, 0) is 29.0 Å². The van der Waals surface area contributed by atoms with Gasteiger partial charge < -0.3 is 10.2 Å². The monoisotopic (exact) mass is 541 g/mol. The number of halogens is 2. The molecule has 3 rings (SSSR count). The van der Waals surface area contributed by atoms with E-state index >= 15 is 0 Å². The molecule has 0 spiro atoms. The summed E-state index contributed by atoms with van der Waals surface area (Å²) in [7, 11) is 0. The van der Waals surface area contributed by atoms with Crippen molar-refractivity contribution >= 4 is 40.7 Å². The van der Waals surface area contributed by atoms with E-state index in [-0.39, 0.29) is 36.5 Å². The highest BCUT2D eigenvalue weighted by Gasteiger charge is 2.31. The average Bonchev–Trinajstić information content (AvgIpc) is 2.88. The van der Waals surface area contributed by atoms with Crippen LogP contribution in [-0.4, -0.2) is 34.2 Å². The van der Waals surface area contributed by atoms with E-state index in [4.69, 9.17) is 23.2 Å². The molecule has 0 radical (unpaired) electrons. The largest absolute Gasteiger partial charge is 0.354 e. The van der Waals surface area contributed by atoms with E-state index in [0.717, 1.165) is 18.4 Å². The van der Waals surface area contributed by atoms with E-state index in [0.29, 0.717) is 22.2 Å². The minimum absolute atomic E-state index is 0.0359. The van der Waals surface area contributed by atoms with E-state index < -0.39 is 16.9 Å². The second kappa shape index (κ2) is 13.8. The number of unbranched alkanes of at least 4 members (excludes halogenated alkanes) is 1. The number of para-hydroxylation sites is 1. The van der Waals surface area contributed by atoms with Gasteiger partial charge in [-0.2, -0.15) is 0 Å². The Labute approximate surface area is 226 Å². The molecule has 0 aromatic heterocycles. The van der Waals surface area contributed by atoms with Crippen molar-refractivity contribution in [2.45, 2.75) is 45.2 Å². The van der Waals surface area contributed by atoms with Gasteiger partial charge in [-0.25, -0.2) is 0 Å². The zero-order chi connectivity index (χ0) is 26.8. The molecule has 0 fully saturated rings. The number of nitrogens with one attached hydrogen (secondary N) is 1. The van der Waals surface area contributed by atoms with Crippen molar-refractivity contribution in [1.29, 1.82) is 0 Å². The topological polar surface area (TPSA) is 92.6 Å². The van der Waals surface area contributed by atoms with Crippen LogP contribution in [0.25, 0.3) is 0 Å². The minimum Gasteiger partial charge on any atom is -0.354 e. The SMILES string of the molecule is CCCCNC(=O)[C@@H](Cc1ccccc1)N(Cc1ccc(Cl)cc1Cl)C(=O)Cc1ccccc1[N+](=O)[O-]. The van der Waals surface area contributed by atoms with Crippen LogP contribution in [0.15, 0.2) is 72.8 Å². The Bertz CT molecular complexity index is 1240. The number of hydrogen-bond acceptors (Lipinski definition) is 4. The predicted molar refractivity (Wildman–Crippen MR) is 146 cm³/mol. The van der Waals surface area contributed by atoms with Crippen LogP contribution >= 0.6 is 23.2 Å². The van der Waals surface area contributed by atoms with Gasteiger partial charge in [0.25, 0.3) is 5.69 Å². The van der Waals surface area contributed by atoms with E-state index in [9.17, 15) is 19.7 Å². The molecular formula is C28H29Cl2N3O4. The van der Waals surface area contributed by atoms with Gasteiger partial charge in [0.2, 0.25) is 11.8 Å². The number of amides is 2. The van der Waals surface area contributed by atoms with Crippen LogP contribution in [0, 0.1) is 10.1 Å². The van der Waals surface area contributed by atoms with Gasteiger partial charge in [-0.05, 0) is 29.7 Å². The smallest absolute Gasteiger partial charge is 0.273 e. The highest BCUT2D eigenvalue weighted by Crippen LogP contribution is 2.26. The maximum atomic E-state index is 13.8. The fraction of sp³-hybridized carbons (Fsp3) is 0.286. The standard InChI is InChI=1S/C28H29Cl2N3O4/c1-2-3-15-31-28(35)26(16-20-9-5-4-6-10-20)32(19-22-13-14-23(29)18-24(22)30)27(34)17-21-11-7-8-12-25(21)33(36)37/h4-14,18,26H,2-3,15-17,19H2,1H3,(H,31,35)/t26-/m1/s1. The number of nitro benzene ring substituents is 1. The van der Waals surface area contributed by atoms with Crippen molar-refractivity contribution in [2.75, 3.05) is 6.54 Å². The summed E-state index contributed by atoms with van der Waals surface area (Å²) in [5.41, 5.74) is 1.62. The highest BCUT2D eigenvalue weighted by molar-refractivity contribution is 6.35. The van der Waals surface area contributed by atoms with Gasteiger partial charge in [-0.1, -0.05) is 91.1 Å². The number of rotatable bonds is 12. The first-order valence-corrected chi connectivity index (χ1v) is 12.8. The van der Waals surface area contributed by atoms with Gasteiger partial charge >= 0.3 is 0 Å². The summed E-state index contributed by atoms with van der Waals surface area (Å²) >= 11 is 12.5.